The molecule has 1 aliphatic carbocycles. The van der Waals surface area contributed by atoms with Crippen LogP contribution < -0.4 is 5.43 Å². The van der Waals surface area contributed by atoms with E-state index in [0.717, 1.165) is 50.3 Å². The first-order valence-electron chi connectivity index (χ1n) is 11.6. The van der Waals surface area contributed by atoms with Crippen LogP contribution in [-0.2, 0) is 10.0 Å². The van der Waals surface area contributed by atoms with Gasteiger partial charge in [-0.15, -0.1) is 0 Å². The van der Waals surface area contributed by atoms with Crippen molar-refractivity contribution in [3.63, 3.8) is 0 Å². The lowest BCUT2D eigenvalue weighted by molar-refractivity contribution is -0.384. The predicted molar refractivity (Wildman–Crippen MR) is 123 cm³/mol. The minimum Gasteiger partial charge on any atom is -0.272 e. The zero-order chi connectivity index (χ0) is 22.1. The number of anilines is 1. The molecule has 0 unspecified atom stereocenters. The smallest absolute Gasteiger partial charge is 0.272 e. The largest absolute Gasteiger partial charge is 0.295 e. The fourth-order valence-electron chi connectivity index (χ4n) is 4.27. The summed E-state index contributed by atoms with van der Waals surface area (Å²) in [4.78, 5) is 11.1. The Kier molecular flexibility index (Phi) is 8.83. The SMILES string of the molecule is O=[N+]([O-])c1cc(S(=O)(=O)N2CCCC2)ccc1NN=C1CCCCCCCCCCC1. The molecule has 0 spiro atoms. The first-order valence-corrected chi connectivity index (χ1v) is 13.0. The number of benzene rings is 1. The van der Waals surface area contributed by atoms with Gasteiger partial charge < -0.3 is 0 Å². The summed E-state index contributed by atoms with van der Waals surface area (Å²) < 4.78 is 26.9. The molecule has 1 N–H and O–H groups in total. The molecule has 1 aliphatic heterocycles. The van der Waals surface area contributed by atoms with Crippen LogP contribution in [0.15, 0.2) is 28.2 Å². The molecule has 2 aliphatic rings. The molecular formula is C22H34N4O4S. The van der Waals surface area contributed by atoms with Gasteiger partial charge in [0.1, 0.15) is 5.69 Å². The highest BCUT2D eigenvalue weighted by atomic mass is 32.2. The molecule has 0 atom stereocenters. The third-order valence-electron chi connectivity index (χ3n) is 6.13. The average molecular weight is 451 g/mol. The lowest BCUT2D eigenvalue weighted by atomic mass is 10.00. The standard InChI is InChI=1S/C22H34N4O4S/c27-26(28)22-18-20(31(29,30)25-16-10-11-17-25)14-15-21(22)24-23-19-12-8-6-4-2-1-3-5-7-9-13-19/h14-15,18,24H,1-13,16-17H2. The van der Waals surface area contributed by atoms with Gasteiger partial charge in [0.15, 0.2) is 0 Å². The van der Waals surface area contributed by atoms with E-state index in [1.165, 1.54) is 61.4 Å². The number of hydrogen-bond donors (Lipinski definition) is 1. The predicted octanol–water partition coefficient (Wildman–Crippen LogP) is 5.45. The zero-order valence-electron chi connectivity index (χ0n) is 18.2. The molecule has 1 aromatic rings. The van der Waals surface area contributed by atoms with Gasteiger partial charge in [0.05, 0.1) is 9.82 Å². The number of nitro benzene ring substituents is 1. The van der Waals surface area contributed by atoms with Crippen LogP contribution in [0.5, 0.6) is 0 Å². The number of hydrogen-bond acceptors (Lipinski definition) is 6. The third-order valence-corrected chi connectivity index (χ3v) is 8.03. The van der Waals surface area contributed by atoms with E-state index in [0.29, 0.717) is 13.1 Å². The van der Waals surface area contributed by atoms with Crippen LogP contribution >= 0.6 is 0 Å². The molecule has 9 heteroatoms. The topological polar surface area (TPSA) is 105 Å². The van der Waals surface area contributed by atoms with E-state index in [4.69, 9.17) is 0 Å². The second kappa shape index (κ2) is 11.6. The third kappa shape index (κ3) is 6.74. The minimum atomic E-state index is -3.70. The van der Waals surface area contributed by atoms with Crippen molar-refractivity contribution < 1.29 is 13.3 Å². The summed E-state index contributed by atoms with van der Waals surface area (Å²) >= 11 is 0. The number of nitrogens with zero attached hydrogens (tertiary/aromatic N) is 3. The molecule has 1 aromatic carbocycles. The summed E-state index contributed by atoms with van der Waals surface area (Å²) in [6.45, 7) is 0.924. The number of nitro groups is 1. The molecule has 31 heavy (non-hydrogen) atoms. The number of rotatable bonds is 5. The molecule has 3 rings (SSSR count). The molecule has 1 saturated heterocycles. The Morgan fingerprint density at radius 1 is 0.871 bits per heavy atom. The fourth-order valence-corrected chi connectivity index (χ4v) is 5.80. The quantitative estimate of drug-likeness (QED) is 0.474. The van der Waals surface area contributed by atoms with Crippen molar-refractivity contribution in [1.82, 2.24) is 4.31 Å². The summed E-state index contributed by atoms with van der Waals surface area (Å²) in [5.41, 5.74) is 3.85. The summed E-state index contributed by atoms with van der Waals surface area (Å²) in [5.74, 6) is 0. The normalized spacial score (nSPS) is 19.9. The highest BCUT2D eigenvalue weighted by Gasteiger charge is 2.29. The second-order valence-corrected chi connectivity index (χ2v) is 10.5. The van der Waals surface area contributed by atoms with Crippen LogP contribution in [0.3, 0.4) is 0 Å². The van der Waals surface area contributed by atoms with E-state index in [2.05, 4.69) is 10.5 Å². The zero-order valence-corrected chi connectivity index (χ0v) is 19.0. The second-order valence-electron chi connectivity index (χ2n) is 8.52. The van der Waals surface area contributed by atoms with Crippen molar-refractivity contribution in [2.24, 2.45) is 5.10 Å². The molecule has 1 heterocycles. The van der Waals surface area contributed by atoms with Gasteiger partial charge in [-0.2, -0.15) is 9.41 Å². The van der Waals surface area contributed by atoms with Crippen molar-refractivity contribution in [1.29, 1.82) is 0 Å². The number of hydrazone groups is 1. The van der Waals surface area contributed by atoms with E-state index < -0.39 is 14.9 Å². The van der Waals surface area contributed by atoms with E-state index in [9.17, 15) is 18.5 Å². The van der Waals surface area contributed by atoms with Crippen molar-refractivity contribution in [3.05, 3.63) is 28.3 Å². The maximum atomic E-state index is 12.8. The Balaban J connectivity index is 1.75. The van der Waals surface area contributed by atoms with Crippen molar-refractivity contribution in [3.8, 4) is 0 Å². The van der Waals surface area contributed by atoms with E-state index >= 15 is 0 Å². The Bertz CT molecular complexity index is 865. The first-order chi connectivity index (χ1) is 15.0. The van der Waals surface area contributed by atoms with Crippen molar-refractivity contribution in [2.45, 2.75) is 88.4 Å². The molecule has 0 amide bonds. The van der Waals surface area contributed by atoms with Gasteiger partial charge in [-0.1, -0.05) is 44.9 Å². The summed E-state index contributed by atoms with van der Waals surface area (Å²) in [7, 11) is -3.70. The molecule has 172 valence electrons. The monoisotopic (exact) mass is 450 g/mol. The van der Waals surface area contributed by atoms with Gasteiger partial charge in [0.2, 0.25) is 10.0 Å². The van der Waals surface area contributed by atoms with Crippen LogP contribution in [-0.4, -0.2) is 36.4 Å². The lowest BCUT2D eigenvalue weighted by Gasteiger charge is -2.16. The van der Waals surface area contributed by atoms with E-state index in [-0.39, 0.29) is 16.3 Å². The summed E-state index contributed by atoms with van der Waals surface area (Å²) in [5, 5.41) is 16.1. The van der Waals surface area contributed by atoms with Crippen molar-refractivity contribution >= 4 is 27.1 Å². The number of sulfonamides is 1. The minimum absolute atomic E-state index is 0.0368. The van der Waals surface area contributed by atoms with Crippen LogP contribution in [0, 0.1) is 10.1 Å². The molecule has 8 nitrogen and oxygen atoms in total. The Morgan fingerprint density at radius 2 is 1.42 bits per heavy atom. The van der Waals surface area contributed by atoms with Gasteiger partial charge in [-0.05, 0) is 50.7 Å². The molecular weight excluding hydrogens is 416 g/mol. The highest BCUT2D eigenvalue weighted by molar-refractivity contribution is 7.89. The maximum absolute atomic E-state index is 12.8. The Labute approximate surface area is 185 Å². The lowest BCUT2D eigenvalue weighted by Crippen LogP contribution is -2.27. The van der Waals surface area contributed by atoms with Crippen molar-refractivity contribution in [2.75, 3.05) is 18.5 Å². The fraction of sp³-hybridized carbons (Fsp3) is 0.682. The van der Waals surface area contributed by atoms with Gasteiger partial charge in [-0.3, -0.25) is 15.5 Å². The number of nitrogens with one attached hydrogen (secondary N) is 1. The average Bonchev–Trinajstić information content (AvgIpc) is 3.29. The van der Waals surface area contributed by atoms with Crippen LogP contribution in [0.1, 0.15) is 83.5 Å². The van der Waals surface area contributed by atoms with Crippen LogP contribution in [0.4, 0.5) is 11.4 Å². The van der Waals surface area contributed by atoms with Gasteiger partial charge in [0.25, 0.3) is 5.69 Å². The van der Waals surface area contributed by atoms with E-state index in [1.54, 1.807) is 0 Å². The van der Waals surface area contributed by atoms with Crippen LogP contribution in [0.25, 0.3) is 0 Å². The molecule has 1 saturated carbocycles. The molecule has 0 radical (unpaired) electrons. The first kappa shape index (κ1) is 23.7. The van der Waals surface area contributed by atoms with E-state index in [1.807, 2.05) is 0 Å². The molecule has 0 aromatic heterocycles. The Morgan fingerprint density at radius 3 is 1.97 bits per heavy atom. The molecule has 2 fully saturated rings. The van der Waals surface area contributed by atoms with Gasteiger partial charge in [-0.25, -0.2) is 8.42 Å². The maximum Gasteiger partial charge on any atom is 0.295 e. The summed E-state index contributed by atoms with van der Waals surface area (Å²) in [6.07, 6.45) is 14.4. The highest BCUT2D eigenvalue weighted by Crippen LogP contribution is 2.30. The van der Waals surface area contributed by atoms with Crippen LogP contribution in [0.2, 0.25) is 0 Å². The Hall–Kier alpha value is -2.00. The summed E-state index contributed by atoms with van der Waals surface area (Å²) in [6, 6.07) is 4.04. The van der Waals surface area contributed by atoms with Gasteiger partial charge >= 0.3 is 0 Å². The molecule has 0 bridgehead atoms. The van der Waals surface area contributed by atoms with Gasteiger partial charge in [0, 0.05) is 24.9 Å².